The number of amides is 2. The molecule has 0 aromatic heterocycles. The van der Waals surface area contributed by atoms with Crippen LogP contribution in [0.4, 0.5) is 0 Å². The summed E-state index contributed by atoms with van der Waals surface area (Å²) in [7, 11) is 0. The number of carbonyl (C=O) groups excluding carboxylic acids is 2. The molecule has 0 saturated carbocycles. The molecule has 0 radical (unpaired) electrons. The highest BCUT2D eigenvalue weighted by atomic mass is 16.2. The molecule has 0 aromatic carbocycles. The van der Waals surface area contributed by atoms with Crippen molar-refractivity contribution >= 4 is 11.8 Å². The van der Waals surface area contributed by atoms with Gasteiger partial charge in [0.1, 0.15) is 5.70 Å². The zero-order chi connectivity index (χ0) is 10.6. The lowest BCUT2D eigenvalue weighted by molar-refractivity contribution is -0.117. The summed E-state index contributed by atoms with van der Waals surface area (Å²) >= 11 is 0. The minimum atomic E-state index is -0.655. The highest BCUT2D eigenvalue weighted by Gasteiger charge is 2.17. The Morgan fingerprint density at radius 2 is 1.79 bits per heavy atom. The standard InChI is InChI=1S/C8H14N4O2/c9-7(13)5-6(8(10)14)12-3-1-11-2-4-12/h5,11H,1-4H2,(H2,9,13)(H2,10,14)/b6-5+. The smallest absolute Gasteiger partial charge is 0.265 e. The summed E-state index contributed by atoms with van der Waals surface area (Å²) in [6.07, 6.45) is 1.08. The number of rotatable bonds is 3. The molecule has 0 aromatic rings. The van der Waals surface area contributed by atoms with E-state index in [-0.39, 0.29) is 5.70 Å². The Labute approximate surface area is 81.9 Å². The molecule has 6 nitrogen and oxygen atoms in total. The lowest BCUT2D eigenvalue weighted by Gasteiger charge is -2.29. The first-order valence-corrected chi connectivity index (χ1v) is 4.38. The largest absolute Gasteiger partial charge is 0.366 e. The highest BCUT2D eigenvalue weighted by molar-refractivity contribution is 5.99. The number of hydrogen-bond donors (Lipinski definition) is 3. The number of hydrogen-bond acceptors (Lipinski definition) is 4. The Bertz CT molecular complexity index is 269. The molecule has 78 valence electrons. The number of nitrogens with one attached hydrogen (secondary N) is 1. The molecule has 6 heteroatoms. The number of primary amides is 2. The van der Waals surface area contributed by atoms with Crippen LogP contribution in [0.2, 0.25) is 0 Å². The molecule has 0 atom stereocenters. The number of nitrogens with zero attached hydrogens (tertiary/aromatic N) is 1. The second-order valence-electron chi connectivity index (χ2n) is 3.03. The van der Waals surface area contributed by atoms with Gasteiger partial charge in [0.25, 0.3) is 5.91 Å². The molecule has 0 spiro atoms. The van der Waals surface area contributed by atoms with Gasteiger partial charge in [0.2, 0.25) is 5.91 Å². The van der Waals surface area contributed by atoms with Crippen molar-refractivity contribution < 1.29 is 9.59 Å². The fourth-order valence-corrected chi connectivity index (χ4v) is 1.36. The van der Waals surface area contributed by atoms with E-state index in [1.54, 1.807) is 4.90 Å². The highest BCUT2D eigenvalue weighted by Crippen LogP contribution is 2.04. The van der Waals surface area contributed by atoms with Gasteiger partial charge in [0, 0.05) is 32.3 Å². The van der Waals surface area contributed by atoms with Crippen molar-refractivity contribution in [1.82, 2.24) is 10.2 Å². The summed E-state index contributed by atoms with van der Waals surface area (Å²) in [5.41, 5.74) is 10.3. The second-order valence-corrected chi connectivity index (χ2v) is 3.03. The molecule has 1 aliphatic heterocycles. The van der Waals surface area contributed by atoms with Crippen LogP contribution in [0.5, 0.6) is 0 Å². The molecule has 0 aliphatic carbocycles. The van der Waals surface area contributed by atoms with Crippen LogP contribution < -0.4 is 16.8 Å². The fraction of sp³-hybridized carbons (Fsp3) is 0.500. The Morgan fingerprint density at radius 3 is 2.21 bits per heavy atom. The van der Waals surface area contributed by atoms with Crippen molar-refractivity contribution in [3.63, 3.8) is 0 Å². The van der Waals surface area contributed by atoms with Crippen LogP contribution in [0, 0.1) is 0 Å². The van der Waals surface area contributed by atoms with Crippen LogP contribution in [-0.4, -0.2) is 42.9 Å². The van der Waals surface area contributed by atoms with Gasteiger partial charge in [0.15, 0.2) is 0 Å². The predicted octanol–water partition coefficient (Wildman–Crippen LogP) is -2.25. The predicted molar refractivity (Wildman–Crippen MR) is 50.9 cm³/mol. The summed E-state index contributed by atoms with van der Waals surface area (Å²) in [6, 6.07) is 0. The fourth-order valence-electron chi connectivity index (χ4n) is 1.36. The van der Waals surface area contributed by atoms with Gasteiger partial charge >= 0.3 is 0 Å². The van der Waals surface area contributed by atoms with E-state index in [9.17, 15) is 9.59 Å². The average molecular weight is 198 g/mol. The summed E-state index contributed by atoms with van der Waals surface area (Å²) in [5.74, 6) is -1.27. The third-order valence-corrected chi connectivity index (χ3v) is 1.99. The molecule has 0 bridgehead atoms. The first-order chi connectivity index (χ1) is 6.61. The molecule has 1 fully saturated rings. The summed E-state index contributed by atoms with van der Waals surface area (Å²) < 4.78 is 0. The lowest BCUT2D eigenvalue weighted by Crippen LogP contribution is -2.45. The van der Waals surface area contributed by atoms with Crippen LogP contribution in [0.1, 0.15) is 0 Å². The van der Waals surface area contributed by atoms with Gasteiger partial charge in [-0.25, -0.2) is 0 Å². The second kappa shape index (κ2) is 4.61. The summed E-state index contributed by atoms with van der Waals surface area (Å²) in [5, 5.41) is 3.12. The zero-order valence-corrected chi connectivity index (χ0v) is 7.82. The van der Waals surface area contributed by atoms with Gasteiger partial charge in [-0.15, -0.1) is 0 Å². The molecule has 14 heavy (non-hydrogen) atoms. The van der Waals surface area contributed by atoms with E-state index in [0.29, 0.717) is 13.1 Å². The SMILES string of the molecule is NC(=O)/C=C(\C(N)=O)N1CCNCC1. The first-order valence-electron chi connectivity index (χ1n) is 4.38. The molecule has 1 rings (SSSR count). The maximum Gasteiger partial charge on any atom is 0.265 e. The molecule has 0 unspecified atom stereocenters. The van der Waals surface area contributed by atoms with Gasteiger partial charge in [-0.3, -0.25) is 9.59 Å². The van der Waals surface area contributed by atoms with Gasteiger partial charge in [-0.2, -0.15) is 0 Å². The topological polar surface area (TPSA) is 101 Å². The van der Waals surface area contributed by atoms with Gasteiger partial charge in [-0.1, -0.05) is 0 Å². The maximum atomic E-state index is 11.0. The van der Waals surface area contributed by atoms with E-state index >= 15 is 0 Å². The quantitative estimate of drug-likeness (QED) is 0.446. The van der Waals surface area contributed by atoms with Crippen molar-refractivity contribution in [1.29, 1.82) is 0 Å². The molecule has 2 amide bonds. The van der Waals surface area contributed by atoms with E-state index in [4.69, 9.17) is 11.5 Å². The maximum absolute atomic E-state index is 11.0. The van der Waals surface area contributed by atoms with Crippen LogP contribution in [-0.2, 0) is 9.59 Å². The van der Waals surface area contributed by atoms with Gasteiger partial charge < -0.3 is 21.7 Å². The summed E-state index contributed by atoms with van der Waals surface area (Å²) in [4.78, 5) is 23.4. The van der Waals surface area contributed by atoms with Crippen molar-refractivity contribution in [2.75, 3.05) is 26.2 Å². The molecule has 5 N–H and O–H groups in total. The van der Waals surface area contributed by atoms with Crippen molar-refractivity contribution in [3.8, 4) is 0 Å². The monoisotopic (exact) mass is 198 g/mol. The van der Waals surface area contributed by atoms with Crippen LogP contribution in [0.25, 0.3) is 0 Å². The van der Waals surface area contributed by atoms with E-state index in [1.807, 2.05) is 0 Å². The summed E-state index contributed by atoms with van der Waals surface area (Å²) in [6.45, 7) is 2.84. The van der Waals surface area contributed by atoms with Gasteiger partial charge in [-0.05, 0) is 0 Å². The molecule has 1 aliphatic rings. The first kappa shape index (κ1) is 10.5. The Balaban J connectivity index is 2.76. The van der Waals surface area contributed by atoms with Crippen LogP contribution >= 0.6 is 0 Å². The number of piperazine rings is 1. The minimum absolute atomic E-state index is 0.194. The average Bonchev–Trinajstić information content (AvgIpc) is 2.15. The minimum Gasteiger partial charge on any atom is -0.366 e. The Kier molecular flexibility index (Phi) is 3.47. The van der Waals surface area contributed by atoms with E-state index in [2.05, 4.69) is 5.32 Å². The zero-order valence-electron chi connectivity index (χ0n) is 7.82. The normalized spacial score (nSPS) is 18.0. The van der Waals surface area contributed by atoms with Crippen molar-refractivity contribution in [2.45, 2.75) is 0 Å². The van der Waals surface area contributed by atoms with E-state index in [1.165, 1.54) is 0 Å². The number of carbonyl (C=O) groups is 2. The Hall–Kier alpha value is -1.56. The third-order valence-electron chi connectivity index (χ3n) is 1.99. The number of nitrogens with two attached hydrogens (primary N) is 2. The Morgan fingerprint density at radius 1 is 1.21 bits per heavy atom. The molecule has 1 heterocycles. The van der Waals surface area contributed by atoms with E-state index < -0.39 is 11.8 Å². The van der Waals surface area contributed by atoms with Crippen LogP contribution in [0.15, 0.2) is 11.8 Å². The van der Waals surface area contributed by atoms with Crippen molar-refractivity contribution in [3.05, 3.63) is 11.8 Å². The lowest BCUT2D eigenvalue weighted by atomic mass is 10.2. The third kappa shape index (κ3) is 2.74. The molecule has 1 saturated heterocycles. The van der Waals surface area contributed by atoms with Crippen molar-refractivity contribution in [2.24, 2.45) is 11.5 Å². The van der Waals surface area contributed by atoms with Gasteiger partial charge in [0.05, 0.1) is 0 Å². The molecular weight excluding hydrogens is 184 g/mol. The van der Waals surface area contributed by atoms with Crippen LogP contribution in [0.3, 0.4) is 0 Å². The van der Waals surface area contributed by atoms with E-state index in [0.717, 1.165) is 19.2 Å². The molecular formula is C8H14N4O2.